The predicted octanol–water partition coefficient (Wildman–Crippen LogP) is 0.237. The standard InChI is InChI=1S/C8H15NO2/c1-9(5-6-10)8(11)7-3-2-4-7/h7,10H,2-6H2,1H3. The van der Waals surface area contributed by atoms with Gasteiger partial charge < -0.3 is 10.0 Å². The number of amides is 1. The summed E-state index contributed by atoms with van der Waals surface area (Å²) in [7, 11) is 1.75. The minimum absolute atomic E-state index is 0.0644. The molecule has 0 heterocycles. The fourth-order valence-corrected chi connectivity index (χ4v) is 1.23. The number of rotatable bonds is 3. The summed E-state index contributed by atoms with van der Waals surface area (Å²) in [5.41, 5.74) is 0. The van der Waals surface area contributed by atoms with Crippen molar-refractivity contribution in [3.63, 3.8) is 0 Å². The van der Waals surface area contributed by atoms with Crippen LogP contribution in [0.25, 0.3) is 0 Å². The molecule has 0 unspecified atom stereocenters. The van der Waals surface area contributed by atoms with Gasteiger partial charge in [-0.15, -0.1) is 0 Å². The maximum Gasteiger partial charge on any atom is 0.225 e. The first-order chi connectivity index (χ1) is 5.25. The van der Waals surface area contributed by atoms with Crippen LogP contribution >= 0.6 is 0 Å². The number of aliphatic hydroxyl groups is 1. The van der Waals surface area contributed by atoms with Gasteiger partial charge in [-0.3, -0.25) is 4.79 Å². The smallest absolute Gasteiger partial charge is 0.225 e. The molecular formula is C8H15NO2. The Morgan fingerprint density at radius 2 is 2.27 bits per heavy atom. The summed E-state index contributed by atoms with van der Waals surface area (Å²) in [6.45, 7) is 0.532. The topological polar surface area (TPSA) is 40.5 Å². The average molecular weight is 157 g/mol. The van der Waals surface area contributed by atoms with Crippen molar-refractivity contribution < 1.29 is 9.90 Å². The van der Waals surface area contributed by atoms with E-state index in [0.29, 0.717) is 6.54 Å². The molecule has 1 aliphatic rings. The molecule has 1 amide bonds. The molecule has 0 aromatic carbocycles. The van der Waals surface area contributed by atoms with E-state index in [-0.39, 0.29) is 18.4 Å². The molecule has 0 spiro atoms. The van der Waals surface area contributed by atoms with Gasteiger partial charge in [-0.05, 0) is 12.8 Å². The number of hydrogen-bond acceptors (Lipinski definition) is 2. The largest absolute Gasteiger partial charge is 0.395 e. The normalized spacial score (nSPS) is 17.6. The lowest BCUT2D eigenvalue weighted by molar-refractivity contribution is -0.137. The molecule has 0 aromatic heterocycles. The number of aliphatic hydroxyl groups excluding tert-OH is 1. The Kier molecular flexibility index (Phi) is 2.88. The minimum atomic E-state index is 0.0644. The lowest BCUT2D eigenvalue weighted by Crippen LogP contribution is -2.37. The van der Waals surface area contributed by atoms with Gasteiger partial charge in [-0.1, -0.05) is 6.42 Å². The highest BCUT2D eigenvalue weighted by atomic mass is 16.3. The Balaban J connectivity index is 2.27. The number of likely N-dealkylation sites (N-methyl/N-ethyl adjacent to an activating group) is 1. The monoisotopic (exact) mass is 157 g/mol. The van der Waals surface area contributed by atoms with Gasteiger partial charge in [0, 0.05) is 19.5 Å². The second-order valence-corrected chi connectivity index (χ2v) is 3.11. The molecule has 1 saturated carbocycles. The molecule has 1 rings (SSSR count). The van der Waals surface area contributed by atoms with E-state index in [9.17, 15) is 4.79 Å². The van der Waals surface area contributed by atoms with Gasteiger partial charge in [0.05, 0.1) is 6.61 Å². The maximum absolute atomic E-state index is 11.3. The number of hydrogen-bond donors (Lipinski definition) is 1. The van der Waals surface area contributed by atoms with Gasteiger partial charge in [0.1, 0.15) is 0 Å². The summed E-state index contributed by atoms with van der Waals surface area (Å²) in [5, 5.41) is 8.56. The van der Waals surface area contributed by atoms with Gasteiger partial charge in [0.15, 0.2) is 0 Å². The molecule has 0 aromatic rings. The zero-order valence-electron chi connectivity index (χ0n) is 6.92. The first kappa shape index (κ1) is 8.53. The van der Waals surface area contributed by atoms with Crippen molar-refractivity contribution in [3.05, 3.63) is 0 Å². The highest BCUT2D eigenvalue weighted by Gasteiger charge is 2.27. The van der Waals surface area contributed by atoms with E-state index in [0.717, 1.165) is 12.8 Å². The lowest BCUT2D eigenvalue weighted by Gasteiger charge is -2.28. The second-order valence-electron chi connectivity index (χ2n) is 3.11. The molecule has 0 atom stereocenters. The molecule has 0 radical (unpaired) electrons. The highest BCUT2D eigenvalue weighted by Crippen LogP contribution is 2.27. The quantitative estimate of drug-likeness (QED) is 0.637. The van der Waals surface area contributed by atoms with Gasteiger partial charge in [-0.25, -0.2) is 0 Å². The summed E-state index contributed by atoms with van der Waals surface area (Å²) in [5.74, 6) is 0.455. The summed E-state index contributed by atoms with van der Waals surface area (Å²) in [6, 6.07) is 0. The molecule has 3 heteroatoms. The van der Waals surface area contributed by atoms with Crippen molar-refractivity contribution >= 4 is 5.91 Å². The first-order valence-corrected chi connectivity index (χ1v) is 4.11. The van der Waals surface area contributed by atoms with Crippen LogP contribution < -0.4 is 0 Å². The third-order valence-electron chi connectivity index (χ3n) is 2.27. The van der Waals surface area contributed by atoms with Crippen LogP contribution in [0.5, 0.6) is 0 Å². The molecular weight excluding hydrogens is 142 g/mol. The van der Waals surface area contributed by atoms with Crippen LogP contribution in [0.3, 0.4) is 0 Å². The van der Waals surface area contributed by atoms with Crippen molar-refractivity contribution in [2.24, 2.45) is 5.92 Å². The molecule has 3 nitrogen and oxygen atoms in total. The van der Waals surface area contributed by atoms with E-state index in [1.54, 1.807) is 11.9 Å². The fourth-order valence-electron chi connectivity index (χ4n) is 1.23. The van der Waals surface area contributed by atoms with Crippen molar-refractivity contribution in [2.45, 2.75) is 19.3 Å². The van der Waals surface area contributed by atoms with Crippen LogP contribution in [0.1, 0.15) is 19.3 Å². The molecule has 1 aliphatic carbocycles. The van der Waals surface area contributed by atoms with Crippen LogP contribution in [0.4, 0.5) is 0 Å². The maximum atomic E-state index is 11.3. The van der Waals surface area contributed by atoms with Crippen LogP contribution in [-0.2, 0) is 4.79 Å². The summed E-state index contributed by atoms with van der Waals surface area (Å²) < 4.78 is 0. The van der Waals surface area contributed by atoms with Gasteiger partial charge in [0.2, 0.25) is 5.91 Å². The fraction of sp³-hybridized carbons (Fsp3) is 0.875. The Labute approximate surface area is 67.0 Å². The van der Waals surface area contributed by atoms with E-state index >= 15 is 0 Å². The van der Waals surface area contributed by atoms with Crippen LogP contribution in [-0.4, -0.2) is 36.1 Å². The third kappa shape index (κ3) is 1.93. The Bertz CT molecular complexity index is 143. The SMILES string of the molecule is CN(CCO)C(=O)C1CCC1. The first-order valence-electron chi connectivity index (χ1n) is 4.11. The van der Waals surface area contributed by atoms with Gasteiger partial charge in [-0.2, -0.15) is 0 Å². The molecule has 0 aliphatic heterocycles. The van der Waals surface area contributed by atoms with E-state index in [1.165, 1.54) is 6.42 Å². The molecule has 11 heavy (non-hydrogen) atoms. The lowest BCUT2D eigenvalue weighted by atomic mass is 9.84. The minimum Gasteiger partial charge on any atom is -0.395 e. The number of carbonyl (C=O) groups excluding carboxylic acids is 1. The van der Waals surface area contributed by atoms with Crippen LogP contribution in [0.2, 0.25) is 0 Å². The average Bonchev–Trinajstić information content (AvgIpc) is 1.84. The summed E-state index contributed by atoms with van der Waals surface area (Å²) in [4.78, 5) is 12.9. The van der Waals surface area contributed by atoms with Crippen LogP contribution in [0, 0.1) is 5.92 Å². The van der Waals surface area contributed by atoms with Crippen molar-refractivity contribution in [1.29, 1.82) is 0 Å². The van der Waals surface area contributed by atoms with Gasteiger partial charge >= 0.3 is 0 Å². The zero-order chi connectivity index (χ0) is 8.27. The Morgan fingerprint density at radius 3 is 2.64 bits per heavy atom. The Morgan fingerprint density at radius 1 is 1.64 bits per heavy atom. The number of nitrogens with zero attached hydrogens (tertiary/aromatic N) is 1. The molecule has 1 fully saturated rings. The summed E-state index contributed by atoms with van der Waals surface area (Å²) >= 11 is 0. The predicted molar refractivity (Wildman–Crippen MR) is 42.1 cm³/mol. The Hall–Kier alpha value is -0.570. The zero-order valence-corrected chi connectivity index (χ0v) is 6.92. The molecule has 1 N–H and O–H groups in total. The third-order valence-corrected chi connectivity index (χ3v) is 2.27. The van der Waals surface area contributed by atoms with E-state index < -0.39 is 0 Å². The van der Waals surface area contributed by atoms with Crippen LogP contribution in [0.15, 0.2) is 0 Å². The highest BCUT2D eigenvalue weighted by molar-refractivity contribution is 5.79. The summed E-state index contributed by atoms with van der Waals surface area (Å²) in [6.07, 6.45) is 3.26. The molecule has 64 valence electrons. The van der Waals surface area contributed by atoms with Crippen molar-refractivity contribution in [1.82, 2.24) is 4.90 Å². The van der Waals surface area contributed by atoms with Crippen molar-refractivity contribution in [2.75, 3.05) is 20.2 Å². The number of carbonyl (C=O) groups is 1. The second kappa shape index (κ2) is 3.72. The van der Waals surface area contributed by atoms with Gasteiger partial charge in [0.25, 0.3) is 0 Å². The van der Waals surface area contributed by atoms with E-state index in [4.69, 9.17) is 5.11 Å². The van der Waals surface area contributed by atoms with E-state index in [1.807, 2.05) is 0 Å². The molecule has 0 saturated heterocycles. The van der Waals surface area contributed by atoms with E-state index in [2.05, 4.69) is 0 Å². The molecule has 0 bridgehead atoms. The van der Waals surface area contributed by atoms with Crippen molar-refractivity contribution in [3.8, 4) is 0 Å².